The topological polar surface area (TPSA) is 73.0 Å². The standard InChI is InChI=1S/C15H15N5O/c1-4-12-16-15-18-17-13(10(3)20(15)19-12)14(21)11-7-5-9(2)6-8-11/h5-8H,4H2,1-3H3. The van der Waals surface area contributed by atoms with Crippen LogP contribution in [0, 0.1) is 13.8 Å². The van der Waals surface area contributed by atoms with Gasteiger partial charge < -0.3 is 0 Å². The second kappa shape index (κ2) is 5.05. The number of hydrogen-bond acceptors (Lipinski definition) is 5. The van der Waals surface area contributed by atoms with Crippen LogP contribution < -0.4 is 0 Å². The molecule has 2 aromatic heterocycles. The Balaban J connectivity index is 2.09. The Kier molecular flexibility index (Phi) is 3.21. The normalized spacial score (nSPS) is 11.0. The Morgan fingerprint density at radius 3 is 2.52 bits per heavy atom. The number of aromatic nitrogens is 5. The van der Waals surface area contributed by atoms with Crippen LogP contribution in [0.25, 0.3) is 5.78 Å². The van der Waals surface area contributed by atoms with Crippen LogP contribution in [0.1, 0.15) is 40.1 Å². The van der Waals surface area contributed by atoms with Gasteiger partial charge >= 0.3 is 0 Å². The first-order chi connectivity index (χ1) is 10.1. The van der Waals surface area contributed by atoms with E-state index in [-0.39, 0.29) is 5.78 Å². The molecule has 0 radical (unpaired) electrons. The molecular formula is C15H15N5O. The summed E-state index contributed by atoms with van der Waals surface area (Å²) in [6, 6.07) is 7.39. The molecule has 0 unspecified atom stereocenters. The van der Waals surface area contributed by atoms with Gasteiger partial charge in [-0.2, -0.15) is 9.50 Å². The highest BCUT2D eigenvalue weighted by molar-refractivity contribution is 6.08. The zero-order valence-corrected chi connectivity index (χ0v) is 12.2. The van der Waals surface area contributed by atoms with Crippen LogP contribution in [0.3, 0.4) is 0 Å². The Bertz CT molecular complexity index is 820. The summed E-state index contributed by atoms with van der Waals surface area (Å²) in [7, 11) is 0. The molecule has 106 valence electrons. The van der Waals surface area contributed by atoms with E-state index in [9.17, 15) is 4.79 Å². The Morgan fingerprint density at radius 1 is 1.14 bits per heavy atom. The minimum atomic E-state index is -0.157. The lowest BCUT2D eigenvalue weighted by molar-refractivity contribution is 0.103. The number of carbonyl (C=O) groups is 1. The highest BCUT2D eigenvalue weighted by Gasteiger charge is 2.18. The molecule has 0 spiro atoms. The number of nitrogens with zero attached hydrogens (tertiary/aromatic N) is 5. The number of ketones is 1. The molecule has 6 heteroatoms. The summed E-state index contributed by atoms with van der Waals surface area (Å²) in [6.45, 7) is 5.75. The van der Waals surface area contributed by atoms with Crippen molar-refractivity contribution in [2.75, 3.05) is 0 Å². The lowest BCUT2D eigenvalue weighted by Gasteiger charge is -2.04. The van der Waals surface area contributed by atoms with Crippen molar-refractivity contribution < 1.29 is 4.79 Å². The van der Waals surface area contributed by atoms with E-state index in [4.69, 9.17) is 0 Å². The van der Waals surface area contributed by atoms with Crippen LogP contribution in [0.4, 0.5) is 0 Å². The van der Waals surface area contributed by atoms with Gasteiger partial charge in [0.25, 0.3) is 5.78 Å². The quantitative estimate of drug-likeness (QED) is 0.686. The van der Waals surface area contributed by atoms with Gasteiger partial charge in [-0.25, -0.2) is 0 Å². The fourth-order valence-corrected chi connectivity index (χ4v) is 2.10. The van der Waals surface area contributed by atoms with Crippen molar-refractivity contribution in [1.29, 1.82) is 0 Å². The molecule has 1 aromatic carbocycles. The van der Waals surface area contributed by atoms with E-state index in [1.807, 2.05) is 26.0 Å². The minimum absolute atomic E-state index is 0.157. The molecule has 0 amide bonds. The third-order valence-electron chi connectivity index (χ3n) is 3.38. The zero-order chi connectivity index (χ0) is 15.0. The molecule has 0 saturated carbocycles. The van der Waals surface area contributed by atoms with Crippen molar-refractivity contribution in [3.05, 3.63) is 52.6 Å². The second-order valence-corrected chi connectivity index (χ2v) is 4.92. The summed E-state index contributed by atoms with van der Waals surface area (Å²) in [4.78, 5) is 16.8. The molecule has 0 saturated heterocycles. The van der Waals surface area contributed by atoms with Gasteiger partial charge in [0.1, 0.15) is 0 Å². The third-order valence-corrected chi connectivity index (χ3v) is 3.38. The van der Waals surface area contributed by atoms with E-state index >= 15 is 0 Å². The molecule has 0 aliphatic carbocycles. The minimum Gasteiger partial charge on any atom is -0.287 e. The van der Waals surface area contributed by atoms with E-state index in [1.54, 1.807) is 23.6 Å². The van der Waals surface area contributed by atoms with E-state index in [1.165, 1.54) is 0 Å². The summed E-state index contributed by atoms with van der Waals surface area (Å²) in [6.07, 6.45) is 0.712. The molecular weight excluding hydrogens is 266 g/mol. The first-order valence-corrected chi connectivity index (χ1v) is 6.80. The predicted molar refractivity (Wildman–Crippen MR) is 77.3 cm³/mol. The molecule has 0 aliphatic rings. The van der Waals surface area contributed by atoms with Crippen LogP contribution in [0.15, 0.2) is 24.3 Å². The molecule has 0 aliphatic heterocycles. The van der Waals surface area contributed by atoms with Crippen LogP contribution >= 0.6 is 0 Å². The summed E-state index contributed by atoms with van der Waals surface area (Å²) in [5.41, 5.74) is 2.65. The second-order valence-electron chi connectivity index (χ2n) is 4.92. The first kappa shape index (κ1) is 13.4. The number of hydrogen-bond donors (Lipinski definition) is 0. The highest BCUT2D eigenvalue weighted by Crippen LogP contribution is 2.13. The van der Waals surface area contributed by atoms with Crippen molar-refractivity contribution in [1.82, 2.24) is 24.8 Å². The predicted octanol–water partition coefficient (Wildman–Crippen LogP) is 1.93. The molecule has 3 aromatic rings. The van der Waals surface area contributed by atoms with Crippen LogP contribution in [-0.2, 0) is 6.42 Å². The molecule has 0 fully saturated rings. The average molecular weight is 281 g/mol. The van der Waals surface area contributed by atoms with Gasteiger partial charge in [0.05, 0.1) is 5.69 Å². The average Bonchev–Trinajstić information content (AvgIpc) is 2.92. The molecule has 3 rings (SSSR count). The Labute approximate surface area is 121 Å². The van der Waals surface area contributed by atoms with E-state index in [0.29, 0.717) is 35.0 Å². The maximum Gasteiger partial charge on any atom is 0.272 e. The Morgan fingerprint density at radius 2 is 1.86 bits per heavy atom. The Hall–Kier alpha value is -2.63. The van der Waals surface area contributed by atoms with Gasteiger partial charge in [-0.05, 0) is 13.8 Å². The number of rotatable bonds is 3. The van der Waals surface area contributed by atoms with Crippen LogP contribution in [0.2, 0.25) is 0 Å². The monoisotopic (exact) mass is 281 g/mol. The van der Waals surface area contributed by atoms with Crippen molar-refractivity contribution in [3.8, 4) is 0 Å². The summed E-state index contributed by atoms with van der Waals surface area (Å²) in [5, 5.41) is 12.4. The van der Waals surface area contributed by atoms with Crippen molar-refractivity contribution in [3.63, 3.8) is 0 Å². The number of fused-ring (bicyclic) bond motifs is 1. The van der Waals surface area contributed by atoms with Crippen molar-refractivity contribution in [2.45, 2.75) is 27.2 Å². The fourth-order valence-electron chi connectivity index (χ4n) is 2.10. The molecule has 0 N–H and O–H groups in total. The molecule has 21 heavy (non-hydrogen) atoms. The first-order valence-electron chi connectivity index (χ1n) is 6.80. The van der Waals surface area contributed by atoms with Gasteiger partial charge in [-0.15, -0.1) is 15.3 Å². The van der Waals surface area contributed by atoms with Crippen molar-refractivity contribution in [2.24, 2.45) is 0 Å². The third kappa shape index (κ3) is 2.29. The van der Waals surface area contributed by atoms with E-state index < -0.39 is 0 Å². The van der Waals surface area contributed by atoms with Crippen LogP contribution in [-0.4, -0.2) is 30.6 Å². The van der Waals surface area contributed by atoms with E-state index in [2.05, 4.69) is 20.3 Å². The SMILES string of the molecule is CCc1nc2nnc(C(=O)c3ccc(C)cc3)c(C)n2n1. The molecule has 0 bridgehead atoms. The van der Waals surface area contributed by atoms with Gasteiger partial charge in [0.2, 0.25) is 5.78 Å². The smallest absolute Gasteiger partial charge is 0.272 e. The van der Waals surface area contributed by atoms with Gasteiger partial charge in [-0.1, -0.05) is 36.8 Å². The number of benzene rings is 1. The molecule has 0 atom stereocenters. The molecule has 2 heterocycles. The maximum atomic E-state index is 12.5. The number of aryl methyl sites for hydroxylation is 3. The van der Waals surface area contributed by atoms with Crippen molar-refractivity contribution >= 4 is 11.6 Å². The largest absolute Gasteiger partial charge is 0.287 e. The summed E-state index contributed by atoms with van der Waals surface area (Å²) < 4.78 is 1.58. The summed E-state index contributed by atoms with van der Waals surface area (Å²) in [5.74, 6) is 0.951. The maximum absolute atomic E-state index is 12.5. The fraction of sp³-hybridized carbons (Fsp3) is 0.267. The lowest BCUT2D eigenvalue weighted by Crippen LogP contribution is -2.12. The van der Waals surface area contributed by atoms with E-state index in [0.717, 1.165) is 5.56 Å². The highest BCUT2D eigenvalue weighted by atomic mass is 16.1. The zero-order valence-electron chi connectivity index (χ0n) is 12.2. The lowest BCUT2D eigenvalue weighted by atomic mass is 10.1. The summed E-state index contributed by atoms with van der Waals surface area (Å²) >= 11 is 0. The van der Waals surface area contributed by atoms with Crippen LogP contribution in [0.5, 0.6) is 0 Å². The van der Waals surface area contributed by atoms with Gasteiger partial charge in [0.15, 0.2) is 11.5 Å². The van der Waals surface area contributed by atoms with Gasteiger partial charge in [-0.3, -0.25) is 4.79 Å². The molecule has 6 nitrogen and oxygen atoms in total. The number of carbonyl (C=O) groups excluding carboxylic acids is 1. The van der Waals surface area contributed by atoms with Gasteiger partial charge in [0, 0.05) is 12.0 Å².